The van der Waals surface area contributed by atoms with E-state index in [1.54, 1.807) is 31.2 Å². The second kappa shape index (κ2) is 5.07. The molecule has 22 heavy (non-hydrogen) atoms. The first-order valence-electron chi connectivity index (χ1n) is 6.92. The number of hydrogen-bond donors (Lipinski definition) is 1. The number of rotatable bonds is 2. The van der Waals surface area contributed by atoms with Gasteiger partial charge in [0.05, 0.1) is 16.2 Å². The molecule has 1 aliphatic heterocycles. The molecule has 0 aliphatic carbocycles. The van der Waals surface area contributed by atoms with Gasteiger partial charge in [-0.05, 0) is 43.7 Å². The van der Waals surface area contributed by atoms with Gasteiger partial charge in [0.1, 0.15) is 5.82 Å². The zero-order valence-corrected chi connectivity index (χ0v) is 12.8. The molecule has 0 aromatic heterocycles. The Morgan fingerprint density at radius 3 is 2.45 bits per heavy atom. The van der Waals surface area contributed by atoms with Gasteiger partial charge >= 0.3 is 0 Å². The molecule has 1 heterocycles. The van der Waals surface area contributed by atoms with Crippen LogP contribution in [0.1, 0.15) is 18.9 Å². The van der Waals surface area contributed by atoms with E-state index in [2.05, 4.69) is 0 Å². The van der Waals surface area contributed by atoms with Gasteiger partial charge in [0.2, 0.25) is 0 Å². The molecule has 1 aliphatic rings. The van der Waals surface area contributed by atoms with E-state index in [4.69, 9.17) is 0 Å². The summed E-state index contributed by atoms with van der Waals surface area (Å²) in [5.41, 5.74) is -0.0270. The molecule has 4 nitrogen and oxygen atoms in total. The number of sulfonamides is 1. The molecule has 0 bridgehead atoms. The molecule has 0 spiro atoms. The highest BCUT2D eigenvalue weighted by molar-refractivity contribution is 7.92. The second-order valence-electron chi connectivity index (χ2n) is 5.57. The molecular formula is C16H16FNO3S. The van der Waals surface area contributed by atoms with Crippen LogP contribution in [-0.4, -0.2) is 20.1 Å². The molecule has 0 radical (unpaired) electrons. The fourth-order valence-electron chi connectivity index (χ4n) is 2.70. The molecule has 2 aromatic carbocycles. The molecule has 0 amide bonds. The third-order valence-corrected chi connectivity index (χ3v) is 5.78. The summed E-state index contributed by atoms with van der Waals surface area (Å²) in [6.45, 7) is 1.84. The Bertz CT molecular complexity index is 800. The van der Waals surface area contributed by atoms with Crippen molar-refractivity contribution in [3.63, 3.8) is 0 Å². The van der Waals surface area contributed by atoms with Crippen molar-refractivity contribution in [2.24, 2.45) is 0 Å². The van der Waals surface area contributed by atoms with Gasteiger partial charge in [-0.2, -0.15) is 0 Å². The van der Waals surface area contributed by atoms with E-state index in [0.717, 1.165) is 12.1 Å². The van der Waals surface area contributed by atoms with Crippen molar-refractivity contribution < 1.29 is 17.9 Å². The number of nitrogens with zero attached hydrogens (tertiary/aromatic N) is 1. The van der Waals surface area contributed by atoms with Crippen molar-refractivity contribution in [1.82, 2.24) is 0 Å². The minimum Gasteiger partial charge on any atom is -0.385 e. The molecule has 0 fully saturated rings. The highest BCUT2D eigenvalue weighted by Crippen LogP contribution is 2.40. The molecule has 0 saturated heterocycles. The first-order chi connectivity index (χ1) is 10.3. The Morgan fingerprint density at radius 1 is 1.14 bits per heavy atom. The summed E-state index contributed by atoms with van der Waals surface area (Å²) >= 11 is 0. The van der Waals surface area contributed by atoms with Crippen molar-refractivity contribution in [1.29, 1.82) is 0 Å². The van der Waals surface area contributed by atoms with E-state index in [1.807, 2.05) is 0 Å². The zero-order chi connectivity index (χ0) is 16.0. The van der Waals surface area contributed by atoms with Gasteiger partial charge in [-0.3, -0.25) is 4.31 Å². The van der Waals surface area contributed by atoms with Gasteiger partial charge in [-0.25, -0.2) is 12.8 Å². The summed E-state index contributed by atoms with van der Waals surface area (Å²) in [7, 11) is -3.79. The van der Waals surface area contributed by atoms with Crippen LogP contribution in [0.25, 0.3) is 0 Å². The van der Waals surface area contributed by atoms with Crippen LogP contribution in [0.2, 0.25) is 0 Å². The van der Waals surface area contributed by atoms with Crippen LogP contribution in [0.15, 0.2) is 53.4 Å². The maximum atomic E-state index is 13.0. The first kappa shape index (κ1) is 15.0. The average molecular weight is 321 g/mol. The molecule has 6 heteroatoms. The van der Waals surface area contributed by atoms with Crippen molar-refractivity contribution in [2.75, 3.05) is 10.8 Å². The fraction of sp³-hybridized carbons (Fsp3) is 0.250. The Morgan fingerprint density at radius 2 is 1.77 bits per heavy atom. The average Bonchev–Trinajstić information content (AvgIpc) is 2.47. The van der Waals surface area contributed by atoms with Crippen LogP contribution >= 0.6 is 0 Å². The fourth-order valence-corrected chi connectivity index (χ4v) is 4.19. The SMILES string of the molecule is CC1(O)CCN(S(=O)(=O)c2ccc(F)cc2)c2ccccc21. The Balaban J connectivity index is 2.11. The quantitative estimate of drug-likeness (QED) is 0.925. The van der Waals surface area contributed by atoms with E-state index in [9.17, 15) is 17.9 Å². The number of aliphatic hydroxyl groups is 1. The number of halogens is 1. The van der Waals surface area contributed by atoms with E-state index in [1.165, 1.54) is 16.4 Å². The Labute approximate surface area is 128 Å². The lowest BCUT2D eigenvalue weighted by atomic mass is 9.88. The van der Waals surface area contributed by atoms with E-state index < -0.39 is 21.4 Å². The van der Waals surface area contributed by atoms with Gasteiger partial charge in [0.15, 0.2) is 0 Å². The molecule has 116 valence electrons. The van der Waals surface area contributed by atoms with Crippen LogP contribution in [0.5, 0.6) is 0 Å². The zero-order valence-electron chi connectivity index (χ0n) is 12.0. The number of benzene rings is 2. The predicted molar refractivity (Wildman–Crippen MR) is 81.6 cm³/mol. The first-order valence-corrected chi connectivity index (χ1v) is 8.36. The van der Waals surface area contributed by atoms with E-state index >= 15 is 0 Å². The van der Waals surface area contributed by atoms with Crippen LogP contribution in [0.3, 0.4) is 0 Å². The van der Waals surface area contributed by atoms with Crippen LogP contribution < -0.4 is 4.31 Å². The van der Waals surface area contributed by atoms with Crippen LogP contribution in [0.4, 0.5) is 10.1 Å². The maximum Gasteiger partial charge on any atom is 0.264 e. The summed E-state index contributed by atoms with van der Waals surface area (Å²) in [6.07, 6.45) is 0.296. The lowest BCUT2D eigenvalue weighted by Gasteiger charge is -2.38. The Hall–Kier alpha value is -1.92. The molecular weight excluding hydrogens is 305 g/mol. The number of anilines is 1. The summed E-state index contributed by atoms with van der Waals surface area (Å²) < 4.78 is 39.9. The van der Waals surface area contributed by atoms with E-state index in [-0.39, 0.29) is 11.4 Å². The van der Waals surface area contributed by atoms with Gasteiger partial charge < -0.3 is 5.11 Å². The van der Waals surface area contributed by atoms with Crippen molar-refractivity contribution in [3.05, 3.63) is 59.9 Å². The van der Waals surface area contributed by atoms with Crippen molar-refractivity contribution in [3.8, 4) is 0 Å². The molecule has 1 atom stereocenters. The third kappa shape index (κ3) is 2.38. The molecule has 2 aromatic rings. The molecule has 1 unspecified atom stereocenters. The minimum absolute atomic E-state index is 0.0326. The number of fused-ring (bicyclic) bond motifs is 1. The van der Waals surface area contributed by atoms with Crippen molar-refractivity contribution in [2.45, 2.75) is 23.8 Å². The number of para-hydroxylation sites is 1. The summed E-state index contributed by atoms with van der Waals surface area (Å²) in [6, 6.07) is 11.6. The molecule has 0 saturated carbocycles. The van der Waals surface area contributed by atoms with Gasteiger partial charge in [0.25, 0.3) is 10.0 Å². The van der Waals surface area contributed by atoms with Crippen LogP contribution in [0, 0.1) is 5.82 Å². The Kier molecular flexibility index (Phi) is 3.45. The lowest BCUT2D eigenvalue weighted by Crippen LogP contribution is -2.42. The number of hydrogen-bond acceptors (Lipinski definition) is 3. The summed E-state index contributed by atoms with van der Waals surface area (Å²) in [5, 5.41) is 10.4. The highest BCUT2D eigenvalue weighted by atomic mass is 32.2. The molecule has 1 N–H and O–H groups in total. The normalized spacial score (nSPS) is 21.5. The summed E-state index contributed by atoms with van der Waals surface area (Å²) in [5.74, 6) is -0.485. The molecule has 3 rings (SSSR count). The van der Waals surface area contributed by atoms with Gasteiger partial charge in [-0.1, -0.05) is 18.2 Å². The largest absolute Gasteiger partial charge is 0.385 e. The lowest BCUT2D eigenvalue weighted by molar-refractivity contribution is 0.0472. The summed E-state index contributed by atoms with van der Waals surface area (Å²) in [4.78, 5) is 0.0326. The van der Waals surface area contributed by atoms with Crippen molar-refractivity contribution >= 4 is 15.7 Å². The smallest absolute Gasteiger partial charge is 0.264 e. The predicted octanol–water partition coefficient (Wildman–Crippen LogP) is 2.63. The van der Waals surface area contributed by atoms with E-state index in [0.29, 0.717) is 17.7 Å². The second-order valence-corrected chi connectivity index (χ2v) is 7.43. The highest BCUT2D eigenvalue weighted by Gasteiger charge is 2.37. The third-order valence-electron chi connectivity index (χ3n) is 3.96. The topological polar surface area (TPSA) is 57.6 Å². The maximum absolute atomic E-state index is 13.0. The van der Waals surface area contributed by atoms with Gasteiger partial charge in [-0.15, -0.1) is 0 Å². The van der Waals surface area contributed by atoms with Gasteiger partial charge in [0, 0.05) is 12.1 Å². The minimum atomic E-state index is -3.79. The monoisotopic (exact) mass is 321 g/mol. The van der Waals surface area contributed by atoms with Crippen LogP contribution in [-0.2, 0) is 15.6 Å². The standard InChI is InChI=1S/C16H16FNO3S/c1-16(19)10-11-18(15-5-3-2-4-14(15)16)22(20,21)13-8-6-12(17)7-9-13/h2-9,19H,10-11H2,1H3.